The van der Waals surface area contributed by atoms with Gasteiger partial charge in [-0.05, 0) is 0 Å². The van der Waals surface area contributed by atoms with E-state index in [1.165, 1.54) is 0 Å². The number of nitrogens with zero attached hydrogens (tertiary/aromatic N) is 1. The van der Waals surface area contributed by atoms with Crippen molar-refractivity contribution in [1.29, 1.82) is 0 Å². The second-order valence-electron chi connectivity index (χ2n) is 2.80. The van der Waals surface area contributed by atoms with Crippen molar-refractivity contribution in [2.75, 3.05) is 52.5 Å². The van der Waals surface area contributed by atoms with Gasteiger partial charge in [0.05, 0.1) is 18.2 Å². The van der Waals surface area contributed by atoms with Gasteiger partial charge in [-0.25, -0.2) is 0 Å². The first kappa shape index (κ1) is 26.9. The molecule has 19 heavy (non-hydrogen) atoms. The molecule has 0 unspecified atom stereocenters. The zero-order chi connectivity index (χ0) is 14.6. The van der Waals surface area contributed by atoms with E-state index in [2.05, 4.69) is 10.6 Å². The van der Waals surface area contributed by atoms with E-state index in [9.17, 15) is 0 Å². The fraction of sp³-hybridized carbons (Fsp3) is 1.00. The molecule has 0 aliphatic heterocycles. The van der Waals surface area contributed by atoms with Crippen LogP contribution < -0.4 is 22.1 Å². The van der Waals surface area contributed by atoms with Crippen molar-refractivity contribution in [3.63, 3.8) is 0 Å². The predicted molar refractivity (Wildman–Crippen MR) is 71.2 cm³/mol. The minimum absolute atomic E-state index is 0. The molecule has 0 aromatic heterocycles. The summed E-state index contributed by atoms with van der Waals surface area (Å²) in [5.74, 6) is 0. The third-order valence-corrected chi connectivity index (χ3v) is 1.25. The van der Waals surface area contributed by atoms with Gasteiger partial charge in [0, 0.05) is 26.2 Å². The Balaban J connectivity index is -0.0000000900. The molecule has 0 bridgehead atoms. The van der Waals surface area contributed by atoms with Gasteiger partial charge in [-0.2, -0.15) is 0 Å². The van der Waals surface area contributed by atoms with E-state index in [1.54, 1.807) is 0 Å². The van der Waals surface area contributed by atoms with E-state index >= 15 is 0 Å². The molecule has 0 fully saturated rings. The Hall–Kier alpha value is -0.546. The summed E-state index contributed by atoms with van der Waals surface area (Å²) in [5.41, 5.74) is 10.3. The van der Waals surface area contributed by atoms with Gasteiger partial charge >= 0.3 is 16.5 Å². The zero-order valence-corrected chi connectivity index (χ0v) is 11.8. The standard InChI is InChI=1S/2C4H12N2O.NO3.Ni/c2*5-1-2-6-3-4-7;2-1(3)4;/h2*6-7H,1-5H2;;/q;;-1;+2/p+2. The van der Waals surface area contributed by atoms with E-state index < -0.39 is 5.09 Å². The molecule has 0 saturated carbocycles. The maximum absolute atomic E-state index is 8.25. The van der Waals surface area contributed by atoms with Gasteiger partial charge < -0.3 is 47.6 Å². The van der Waals surface area contributed by atoms with Gasteiger partial charge in [0.2, 0.25) is 0 Å². The molecule has 0 heterocycles. The summed E-state index contributed by atoms with van der Waals surface area (Å²) >= 11 is 0. The third-order valence-electron chi connectivity index (χ3n) is 1.25. The normalized spacial score (nSPS) is 8.21. The van der Waals surface area contributed by atoms with E-state index in [0.29, 0.717) is 26.3 Å². The zero-order valence-electron chi connectivity index (χ0n) is 10.8. The first-order chi connectivity index (χ1) is 8.56. The van der Waals surface area contributed by atoms with Crippen molar-refractivity contribution in [1.82, 2.24) is 10.6 Å². The molecule has 0 spiro atoms. The average Bonchev–Trinajstić information content (AvgIpc) is 2.31. The maximum atomic E-state index is 8.25. The topological polar surface area (TPSA) is 188 Å². The largest absolute Gasteiger partial charge is 2.00 e. The van der Waals surface area contributed by atoms with Crippen LogP contribution in [-0.2, 0) is 16.5 Å². The number of hydrogen-bond donors (Lipinski definition) is 4. The Morgan fingerprint density at radius 3 is 1.32 bits per heavy atom. The van der Waals surface area contributed by atoms with Crippen molar-refractivity contribution >= 4 is 0 Å². The SMILES string of the molecule is NCCNCC[OH2+].NCCNCC[OH2+].O=[N+]([O-])[O-].[Ni+2]. The fourth-order valence-electron chi connectivity index (χ4n) is 0.631. The second-order valence-corrected chi connectivity index (χ2v) is 2.80. The third kappa shape index (κ3) is 75.0. The summed E-state index contributed by atoms with van der Waals surface area (Å²) in [6.07, 6.45) is 0. The quantitative estimate of drug-likeness (QED) is 0.116. The summed E-state index contributed by atoms with van der Waals surface area (Å²) in [6.45, 7) is 5.41. The van der Waals surface area contributed by atoms with Gasteiger partial charge in [-0.3, -0.25) is 0 Å². The van der Waals surface area contributed by atoms with Gasteiger partial charge in [-0.1, -0.05) is 0 Å². The molecule has 0 radical (unpaired) electrons. The molecule has 120 valence electrons. The van der Waals surface area contributed by atoms with Gasteiger partial charge in [0.15, 0.2) is 13.2 Å². The van der Waals surface area contributed by atoms with Crippen molar-refractivity contribution < 1.29 is 31.8 Å². The Kier molecular flexibility index (Phi) is 43.1. The Labute approximate surface area is 122 Å². The van der Waals surface area contributed by atoms with Crippen LogP contribution in [-0.4, -0.2) is 67.8 Å². The Morgan fingerprint density at radius 2 is 1.16 bits per heavy atom. The van der Waals surface area contributed by atoms with Crippen LogP contribution in [0.1, 0.15) is 0 Å². The molecule has 10 nitrogen and oxygen atoms in total. The molecule has 11 heteroatoms. The van der Waals surface area contributed by atoms with Gasteiger partial charge in [-0.15, -0.1) is 0 Å². The molecule has 0 aliphatic rings. The van der Waals surface area contributed by atoms with E-state index in [-0.39, 0.29) is 16.5 Å². The molecule has 0 rings (SSSR count). The van der Waals surface area contributed by atoms with E-state index in [0.717, 1.165) is 26.2 Å². The van der Waals surface area contributed by atoms with Gasteiger partial charge in [0.25, 0.3) is 0 Å². The maximum Gasteiger partial charge on any atom is 2.00 e. The average molecular weight is 331 g/mol. The number of nitrogens with one attached hydrogen (secondary N) is 2. The van der Waals surface area contributed by atoms with Crippen LogP contribution >= 0.6 is 0 Å². The van der Waals surface area contributed by atoms with Crippen LogP contribution in [0.15, 0.2) is 0 Å². The second kappa shape index (κ2) is 30.5. The minimum atomic E-state index is -1.75. The first-order valence-corrected chi connectivity index (χ1v) is 5.49. The van der Waals surface area contributed by atoms with Crippen LogP contribution in [0.3, 0.4) is 0 Å². The number of hydrogen-bond acceptors (Lipinski definition) is 7. The molecule has 0 aromatic carbocycles. The van der Waals surface area contributed by atoms with Gasteiger partial charge in [0.1, 0.15) is 0 Å². The molecular weight excluding hydrogens is 305 g/mol. The predicted octanol–water partition coefficient (Wildman–Crippen LogP) is -3.72. The van der Waals surface area contributed by atoms with Crippen LogP contribution in [0.5, 0.6) is 0 Å². The number of nitrogens with two attached hydrogens (primary N) is 2. The molecule has 0 aromatic rings. The monoisotopic (exact) mass is 330 g/mol. The summed E-state index contributed by atoms with van der Waals surface area (Å²) in [4.78, 5) is 8.25. The molecule has 0 saturated heterocycles. The van der Waals surface area contributed by atoms with E-state index in [1.807, 2.05) is 0 Å². The summed E-state index contributed by atoms with van der Waals surface area (Å²) in [7, 11) is 0. The summed E-state index contributed by atoms with van der Waals surface area (Å²) < 4.78 is 0. The molecule has 0 amide bonds. The summed E-state index contributed by atoms with van der Waals surface area (Å²) in [5, 5.41) is 34.0. The first-order valence-electron chi connectivity index (χ1n) is 5.49. The van der Waals surface area contributed by atoms with E-state index in [4.69, 9.17) is 37.0 Å². The fourth-order valence-corrected chi connectivity index (χ4v) is 0.631. The van der Waals surface area contributed by atoms with Crippen molar-refractivity contribution in [3.05, 3.63) is 15.3 Å². The Bertz CT molecular complexity index is 135. The molecule has 0 atom stereocenters. The molecular formula is C8H26N5NiO5+3. The number of rotatable bonds is 8. The smallest absolute Gasteiger partial charge is 0.444 e. The van der Waals surface area contributed by atoms with Crippen molar-refractivity contribution in [3.8, 4) is 0 Å². The summed E-state index contributed by atoms with van der Waals surface area (Å²) in [6, 6.07) is 0. The molecule has 0 aliphatic carbocycles. The van der Waals surface area contributed by atoms with Crippen LogP contribution in [0.4, 0.5) is 0 Å². The van der Waals surface area contributed by atoms with Crippen LogP contribution in [0.2, 0.25) is 0 Å². The molecule has 10 N–H and O–H groups in total. The van der Waals surface area contributed by atoms with Crippen molar-refractivity contribution in [2.45, 2.75) is 0 Å². The Morgan fingerprint density at radius 1 is 0.895 bits per heavy atom. The van der Waals surface area contributed by atoms with Crippen LogP contribution in [0.25, 0.3) is 0 Å². The minimum Gasteiger partial charge on any atom is -0.444 e. The van der Waals surface area contributed by atoms with Crippen molar-refractivity contribution in [2.24, 2.45) is 11.5 Å². The van der Waals surface area contributed by atoms with Crippen LogP contribution in [0, 0.1) is 15.3 Å².